The number of rotatable bonds is 4. The molecule has 0 amide bonds. The summed E-state index contributed by atoms with van der Waals surface area (Å²) >= 11 is 0. The quantitative estimate of drug-likeness (QED) is 0.875. The fourth-order valence-corrected chi connectivity index (χ4v) is 2.54. The van der Waals surface area contributed by atoms with Gasteiger partial charge in [0, 0.05) is 37.1 Å². The first kappa shape index (κ1) is 14.2. The van der Waals surface area contributed by atoms with Crippen molar-refractivity contribution in [3.8, 4) is 11.3 Å². The smallest absolute Gasteiger partial charge is 0.151 e. The molecular weight excluding hydrogens is 270 g/mol. The van der Waals surface area contributed by atoms with Crippen molar-refractivity contribution in [2.24, 2.45) is 0 Å². The van der Waals surface area contributed by atoms with E-state index in [1.807, 2.05) is 18.2 Å². The maximum absolute atomic E-state index is 10.00. The zero-order valence-corrected chi connectivity index (χ0v) is 11.8. The Balaban J connectivity index is 1.61. The second kappa shape index (κ2) is 5.93. The van der Waals surface area contributed by atoms with Crippen molar-refractivity contribution in [1.82, 2.24) is 15.0 Å². The monoisotopic (exact) mass is 289 g/mol. The van der Waals surface area contributed by atoms with Gasteiger partial charge in [0.15, 0.2) is 5.76 Å². The third-order valence-corrected chi connectivity index (χ3v) is 3.98. The Morgan fingerprint density at radius 1 is 1.33 bits per heavy atom. The molecule has 6 nitrogen and oxygen atoms in total. The molecule has 1 aliphatic rings. The number of likely N-dealkylation sites (tertiary alicyclic amines) is 1. The lowest BCUT2D eigenvalue weighted by atomic mass is 9.92. The average Bonchev–Trinajstić information content (AvgIpc) is 2.99. The SMILES string of the molecule is OCC1(O)CCN(Cc2cc(-c3cccnc3)no2)CC1. The van der Waals surface area contributed by atoms with Crippen molar-refractivity contribution in [1.29, 1.82) is 0 Å². The summed E-state index contributed by atoms with van der Waals surface area (Å²) in [5, 5.41) is 23.2. The number of pyridine rings is 1. The molecule has 0 bridgehead atoms. The maximum atomic E-state index is 10.00. The van der Waals surface area contributed by atoms with Gasteiger partial charge < -0.3 is 14.7 Å². The minimum absolute atomic E-state index is 0.172. The van der Waals surface area contributed by atoms with E-state index >= 15 is 0 Å². The molecule has 0 saturated carbocycles. The summed E-state index contributed by atoms with van der Waals surface area (Å²) in [6.45, 7) is 1.96. The summed E-state index contributed by atoms with van der Waals surface area (Å²) in [5.74, 6) is 0.795. The second-order valence-electron chi connectivity index (χ2n) is 5.58. The summed E-state index contributed by atoms with van der Waals surface area (Å²) in [7, 11) is 0. The number of hydrogen-bond acceptors (Lipinski definition) is 6. The van der Waals surface area contributed by atoms with Gasteiger partial charge in [-0.1, -0.05) is 5.16 Å². The maximum Gasteiger partial charge on any atom is 0.151 e. The molecule has 3 heterocycles. The molecule has 0 aromatic carbocycles. The molecule has 2 aromatic rings. The molecule has 0 spiro atoms. The zero-order chi connectivity index (χ0) is 14.7. The van der Waals surface area contributed by atoms with Crippen LogP contribution in [-0.4, -0.2) is 50.6 Å². The van der Waals surface area contributed by atoms with Crippen LogP contribution in [0.15, 0.2) is 35.1 Å². The number of aliphatic hydroxyl groups is 2. The van der Waals surface area contributed by atoms with Crippen LogP contribution in [0.1, 0.15) is 18.6 Å². The van der Waals surface area contributed by atoms with E-state index in [1.54, 1.807) is 12.4 Å². The number of hydrogen-bond donors (Lipinski definition) is 2. The summed E-state index contributed by atoms with van der Waals surface area (Å²) in [6.07, 6.45) is 4.63. The zero-order valence-electron chi connectivity index (χ0n) is 11.8. The topological polar surface area (TPSA) is 82.6 Å². The van der Waals surface area contributed by atoms with E-state index < -0.39 is 5.60 Å². The van der Waals surface area contributed by atoms with Crippen LogP contribution >= 0.6 is 0 Å². The van der Waals surface area contributed by atoms with Gasteiger partial charge in [-0.25, -0.2) is 0 Å². The van der Waals surface area contributed by atoms with E-state index in [4.69, 9.17) is 9.63 Å². The van der Waals surface area contributed by atoms with Gasteiger partial charge in [0.1, 0.15) is 5.69 Å². The Morgan fingerprint density at radius 2 is 2.14 bits per heavy atom. The van der Waals surface area contributed by atoms with Crippen molar-refractivity contribution in [2.75, 3.05) is 19.7 Å². The summed E-state index contributed by atoms with van der Waals surface area (Å²) in [4.78, 5) is 6.26. The Bertz CT molecular complexity index is 577. The summed E-state index contributed by atoms with van der Waals surface area (Å²) in [5.41, 5.74) is 0.793. The molecule has 0 radical (unpaired) electrons. The first-order chi connectivity index (χ1) is 10.2. The van der Waals surface area contributed by atoms with Crippen molar-refractivity contribution < 1.29 is 14.7 Å². The van der Waals surface area contributed by atoms with E-state index in [1.165, 1.54) is 0 Å². The number of aromatic nitrogens is 2. The van der Waals surface area contributed by atoms with Crippen LogP contribution in [0.5, 0.6) is 0 Å². The molecule has 1 saturated heterocycles. The molecule has 3 rings (SSSR count). The van der Waals surface area contributed by atoms with Crippen LogP contribution < -0.4 is 0 Å². The molecule has 0 aliphatic carbocycles. The predicted molar refractivity (Wildman–Crippen MR) is 76.3 cm³/mol. The van der Waals surface area contributed by atoms with E-state index in [0.29, 0.717) is 19.4 Å². The summed E-state index contributed by atoms with van der Waals surface area (Å²) < 4.78 is 5.37. The van der Waals surface area contributed by atoms with Crippen LogP contribution in [0.25, 0.3) is 11.3 Å². The number of aliphatic hydroxyl groups excluding tert-OH is 1. The molecule has 112 valence electrons. The highest BCUT2D eigenvalue weighted by Gasteiger charge is 2.31. The van der Waals surface area contributed by atoms with Crippen LogP contribution in [0.4, 0.5) is 0 Å². The van der Waals surface area contributed by atoms with E-state index in [2.05, 4.69) is 15.0 Å². The van der Waals surface area contributed by atoms with E-state index in [-0.39, 0.29) is 6.61 Å². The average molecular weight is 289 g/mol. The number of piperidine rings is 1. The van der Waals surface area contributed by atoms with Gasteiger partial charge in [0.25, 0.3) is 0 Å². The highest BCUT2D eigenvalue weighted by atomic mass is 16.5. The van der Waals surface area contributed by atoms with Crippen LogP contribution in [-0.2, 0) is 6.54 Å². The molecule has 6 heteroatoms. The Kier molecular flexibility index (Phi) is 4.01. The minimum atomic E-state index is -0.918. The number of nitrogens with zero attached hydrogens (tertiary/aromatic N) is 3. The fraction of sp³-hybridized carbons (Fsp3) is 0.467. The first-order valence-corrected chi connectivity index (χ1v) is 7.10. The molecule has 21 heavy (non-hydrogen) atoms. The Hall–Kier alpha value is -1.76. The van der Waals surface area contributed by atoms with Crippen molar-refractivity contribution in [2.45, 2.75) is 25.0 Å². The highest BCUT2D eigenvalue weighted by Crippen LogP contribution is 2.24. The van der Waals surface area contributed by atoms with E-state index in [9.17, 15) is 5.11 Å². The van der Waals surface area contributed by atoms with Crippen LogP contribution in [0.2, 0.25) is 0 Å². The van der Waals surface area contributed by atoms with Crippen LogP contribution in [0.3, 0.4) is 0 Å². The van der Waals surface area contributed by atoms with Gasteiger partial charge in [-0.2, -0.15) is 0 Å². The second-order valence-corrected chi connectivity index (χ2v) is 5.58. The standard InChI is InChI=1S/C15H19N3O3/c19-11-15(20)3-6-18(7-4-15)10-13-8-14(17-21-13)12-2-1-5-16-9-12/h1-2,5,8-9,19-20H,3-4,6-7,10-11H2. The molecule has 1 fully saturated rings. The lowest BCUT2D eigenvalue weighted by Gasteiger charge is -2.36. The molecule has 2 aromatic heterocycles. The van der Waals surface area contributed by atoms with Crippen LogP contribution in [0, 0.1) is 0 Å². The fourth-order valence-electron chi connectivity index (χ4n) is 2.54. The Labute approximate surface area is 123 Å². The van der Waals surface area contributed by atoms with Crippen molar-refractivity contribution in [3.05, 3.63) is 36.4 Å². The van der Waals surface area contributed by atoms with Crippen molar-refractivity contribution in [3.63, 3.8) is 0 Å². The predicted octanol–water partition coefficient (Wildman–Crippen LogP) is 1.06. The molecular formula is C15H19N3O3. The molecule has 2 N–H and O–H groups in total. The van der Waals surface area contributed by atoms with Gasteiger partial charge in [0.2, 0.25) is 0 Å². The van der Waals surface area contributed by atoms with Gasteiger partial charge in [-0.15, -0.1) is 0 Å². The van der Waals surface area contributed by atoms with Crippen molar-refractivity contribution >= 4 is 0 Å². The van der Waals surface area contributed by atoms with Gasteiger partial charge in [-0.05, 0) is 25.0 Å². The van der Waals surface area contributed by atoms with Gasteiger partial charge in [-0.3, -0.25) is 9.88 Å². The third kappa shape index (κ3) is 3.29. The van der Waals surface area contributed by atoms with E-state index in [0.717, 1.165) is 30.1 Å². The summed E-state index contributed by atoms with van der Waals surface area (Å²) in [6, 6.07) is 5.73. The molecule has 0 atom stereocenters. The minimum Gasteiger partial charge on any atom is -0.393 e. The molecule has 1 aliphatic heterocycles. The largest absolute Gasteiger partial charge is 0.393 e. The lowest BCUT2D eigenvalue weighted by Crippen LogP contribution is -2.46. The van der Waals surface area contributed by atoms with Gasteiger partial charge >= 0.3 is 0 Å². The third-order valence-electron chi connectivity index (χ3n) is 3.98. The molecule has 0 unspecified atom stereocenters. The highest BCUT2D eigenvalue weighted by molar-refractivity contribution is 5.57. The van der Waals surface area contributed by atoms with Gasteiger partial charge in [0.05, 0.1) is 18.8 Å². The first-order valence-electron chi connectivity index (χ1n) is 7.10. The Morgan fingerprint density at radius 3 is 2.81 bits per heavy atom. The normalized spacial score (nSPS) is 18.8. The lowest BCUT2D eigenvalue weighted by molar-refractivity contribution is -0.0615.